The van der Waals surface area contributed by atoms with E-state index in [0.29, 0.717) is 25.9 Å². The van der Waals surface area contributed by atoms with Crippen molar-refractivity contribution in [3.8, 4) is 0 Å². The Balaban J connectivity index is 3.59. The van der Waals surface area contributed by atoms with Crippen molar-refractivity contribution in [2.45, 2.75) is 296 Å². The van der Waals surface area contributed by atoms with Crippen LogP contribution in [0.1, 0.15) is 284 Å². The molecule has 64 heavy (non-hydrogen) atoms. The number of aliphatic hydroxyl groups is 2. The van der Waals surface area contributed by atoms with Gasteiger partial charge in [-0.2, -0.15) is 0 Å². The van der Waals surface area contributed by atoms with Crippen molar-refractivity contribution in [1.29, 1.82) is 0 Å². The second kappa shape index (κ2) is 53.4. The highest BCUT2D eigenvalue weighted by Gasteiger charge is 2.17. The Labute approximate surface area is 397 Å². The summed E-state index contributed by atoms with van der Waals surface area (Å²) in [7, 11) is 0. The van der Waals surface area contributed by atoms with E-state index in [4.69, 9.17) is 4.74 Å². The zero-order valence-corrected chi connectivity index (χ0v) is 42.5. The van der Waals surface area contributed by atoms with Crippen LogP contribution < -0.4 is 5.32 Å². The summed E-state index contributed by atoms with van der Waals surface area (Å²) >= 11 is 0. The molecule has 6 heteroatoms. The maximum Gasteiger partial charge on any atom is 0.305 e. The highest BCUT2D eigenvalue weighted by atomic mass is 16.5. The van der Waals surface area contributed by atoms with E-state index in [1.54, 1.807) is 6.08 Å². The van der Waals surface area contributed by atoms with Gasteiger partial charge in [-0.1, -0.05) is 242 Å². The third-order valence-electron chi connectivity index (χ3n) is 12.6. The van der Waals surface area contributed by atoms with Gasteiger partial charge >= 0.3 is 5.97 Å². The lowest BCUT2D eigenvalue weighted by Gasteiger charge is -2.19. The summed E-state index contributed by atoms with van der Waals surface area (Å²) in [6, 6.07) is -0.673. The lowest BCUT2D eigenvalue weighted by atomic mass is 10.0. The van der Waals surface area contributed by atoms with E-state index in [-0.39, 0.29) is 18.5 Å². The van der Waals surface area contributed by atoms with Crippen molar-refractivity contribution in [3.63, 3.8) is 0 Å². The molecule has 0 aromatic rings. The van der Waals surface area contributed by atoms with Crippen LogP contribution in [0.3, 0.4) is 0 Å². The molecule has 0 aliphatic heterocycles. The number of unbranched alkanes of at least 4 members (excludes halogenated alkanes) is 34. The van der Waals surface area contributed by atoms with Gasteiger partial charge < -0.3 is 20.3 Å². The minimum atomic E-state index is -0.881. The first-order valence-corrected chi connectivity index (χ1v) is 27.9. The molecule has 374 valence electrons. The second-order valence-electron chi connectivity index (χ2n) is 18.9. The summed E-state index contributed by atoms with van der Waals surface area (Å²) in [5.74, 6) is -0.176. The molecular weight excluding hydrogens is 791 g/mol. The molecule has 0 aromatic carbocycles. The summed E-state index contributed by atoms with van der Waals surface area (Å²) in [6.45, 7) is 4.82. The number of aliphatic hydroxyl groups excluding tert-OH is 2. The molecule has 0 saturated carbocycles. The Morgan fingerprint density at radius 1 is 0.438 bits per heavy atom. The van der Waals surface area contributed by atoms with E-state index in [1.165, 1.54) is 199 Å². The topological polar surface area (TPSA) is 95.9 Å². The van der Waals surface area contributed by atoms with Gasteiger partial charge in [-0.25, -0.2) is 0 Å². The number of rotatable bonds is 51. The van der Waals surface area contributed by atoms with E-state index in [9.17, 15) is 19.8 Å². The SMILES string of the molecule is CCCCCC/C=C\CCCCCCCC(=O)OCCCCCCCC/C=C\C/C=C\CCC(=O)NC(CO)C(O)/C=C/CCCCCCCCCCCCCCCCCCCCC. The molecule has 0 aliphatic rings. The molecular formula is C58H107NO5. The highest BCUT2D eigenvalue weighted by Crippen LogP contribution is 2.16. The first-order valence-electron chi connectivity index (χ1n) is 27.9. The number of hydrogen-bond donors (Lipinski definition) is 3. The number of nitrogens with one attached hydrogen (secondary N) is 1. The largest absolute Gasteiger partial charge is 0.466 e. The molecule has 2 unspecified atom stereocenters. The van der Waals surface area contributed by atoms with Crippen LogP contribution in [0, 0.1) is 0 Å². The molecule has 3 N–H and O–H groups in total. The molecule has 0 rings (SSSR count). The lowest BCUT2D eigenvalue weighted by molar-refractivity contribution is -0.143. The molecule has 0 bridgehead atoms. The van der Waals surface area contributed by atoms with E-state index < -0.39 is 12.1 Å². The van der Waals surface area contributed by atoms with Crippen molar-refractivity contribution in [3.05, 3.63) is 48.6 Å². The second-order valence-corrected chi connectivity index (χ2v) is 18.9. The Morgan fingerprint density at radius 2 is 0.797 bits per heavy atom. The fraction of sp³-hybridized carbons (Fsp3) is 0.828. The van der Waals surface area contributed by atoms with Gasteiger partial charge in [0.15, 0.2) is 0 Å². The van der Waals surface area contributed by atoms with E-state index >= 15 is 0 Å². The monoisotopic (exact) mass is 898 g/mol. The van der Waals surface area contributed by atoms with E-state index in [1.807, 2.05) is 12.2 Å². The predicted octanol–water partition coefficient (Wildman–Crippen LogP) is 17.0. The van der Waals surface area contributed by atoms with Crippen LogP contribution in [-0.4, -0.2) is 47.4 Å². The third-order valence-corrected chi connectivity index (χ3v) is 12.6. The normalized spacial score (nSPS) is 13.0. The van der Waals surface area contributed by atoms with Gasteiger partial charge in [-0.3, -0.25) is 9.59 Å². The van der Waals surface area contributed by atoms with Gasteiger partial charge in [0.05, 0.1) is 25.4 Å². The minimum Gasteiger partial charge on any atom is -0.466 e. The fourth-order valence-electron chi connectivity index (χ4n) is 8.27. The van der Waals surface area contributed by atoms with Crippen LogP contribution in [-0.2, 0) is 14.3 Å². The Hall–Kier alpha value is -2.18. The number of allylic oxidation sites excluding steroid dienone is 7. The predicted molar refractivity (Wildman–Crippen MR) is 278 cm³/mol. The minimum absolute atomic E-state index is 0.0281. The molecule has 0 aliphatic carbocycles. The molecule has 0 aromatic heterocycles. The van der Waals surface area contributed by atoms with Crippen LogP contribution >= 0.6 is 0 Å². The first kappa shape index (κ1) is 61.8. The average Bonchev–Trinajstić information content (AvgIpc) is 3.29. The van der Waals surface area contributed by atoms with Crippen LogP contribution in [0.5, 0.6) is 0 Å². The Morgan fingerprint density at radius 3 is 1.25 bits per heavy atom. The van der Waals surface area contributed by atoms with E-state index in [2.05, 4.69) is 49.5 Å². The number of esters is 1. The molecule has 6 nitrogen and oxygen atoms in total. The van der Waals surface area contributed by atoms with Crippen molar-refractivity contribution in [1.82, 2.24) is 5.32 Å². The number of carbonyl (C=O) groups is 2. The van der Waals surface area contributed by atoms with Crippen molar-refractivity contribution in [2.24, 2.45) is 0 Å². The molecule has 0 radical (unpaired) electrons. The van der Waals surface area contributed by atoms with Gasteiger partial charge in [0, 0.05) is 12.8 Å². The van der Waals surface area contributed by atoms with E-state index in [0.717, 1.165) is 51.4 Å². The van der Waals surface area contributed by atoms with Gasteiger partial charge in [-0.05, 0) is 77.0 Å². The van der Waals surface area contributed by atoms with Crippen LogP contribution in [0.15, 0.2) is 48.6 Å². The number of carbonyl (C=O) groups excluding carboxylic acids is 2. The fourth-order valence-corrected chi connectivity index (χ4v) is 8.27. The molecule has 0 heterocycles. The molecule has 0 saturated heterocycles. The third kappa shape index (κ3) is 49.3. The zero-order chi connectivity index (χ0) is 46.5. The number of ether oxygens (including phenoxy) is 1. The molecule has 0 spiro atoms. The number of hydrogen-bond acceptors (Lipinski definition) is 5. The van der Waals surface area contributed by atoms with Crippen LogP contribution in [0.4, 0.5) is 0 Å². The van der Waals surface area contributed by atoms with Crippen molar-refractivity contribution in [2.75, 3.05) is 13.2 Å². The smallest absolute Gasteiger partial charge is 0.305 e. The summed E-state index contributed by atoms with van der Waals surface area (Å²) in [4.78, 5) is 24.4. The maximum absolute atomic E-state index is 12.4. The quantitative estimate of drug-likeness (QED) is 0.0321. The summed E-state index contributed by atoms with van der Waals surface area (Å²) in [5.41, 5.74) is 0. The lowest BCUT2D eigenvalue weighted by Crippen LogP contribution is -2.45. The van der Waals surface area contributed by atoms with Crippen LogP contribution in [0.2, 0.25) is 0 Å². The first-order chi connectivity index (χ1) is 31.5. The molecule has 1 amide bonds. The number of amides is 1. The van der Waals surface area contributed by atoms with Gasteiger partial charge in [-0.15, -0.1) is 0 Å². The Bertz CT molecular complexity index is 1080. The highest BCUT2D eigenvalue weighted by molar-refractivity contribution is 5.76. The van der Waals surface area contributed by atoms with Gasteiger partial charge in [0.2, 0.25) is 5.91 Å². The van der Waals surface area contributed by atoms with Crippen LogP contribution in [0.25, 0.3) is 0 Å². The standard InChI is InChI=1S/C58H107NO5/c1-3-5-7-9-11-13-15-17-18-19-20-21-22-23-24-27-30-34-38-42-46-50-56(61)55(54-60)59-57(62)51-47-43-39-35-31-28-25-29-33-37-41-45-49-53-64-58(63)52-48-44-40-36-32-26-16-14-12-10-8-6-4-2/h14,16,28,31,39,43,46,50,55-56,60-61H,3-13,15,17-27,29-30,32-38,40-42,44-45,47-49,51-54H2,1-2H3,(H,59,62)/b16-14-,31-28-,43-39-,50-46+. The van der Waals surface area contributed by atoms with Gasteiger partial charge in [0.1, 0.15) is 0 Å². The van der Waals surface area contributed by atoms with Gasteiger partial charge in [0.25, 0.3) is 0 Å². The zero-order valence-electron chi connectivity index (χ0n) is 42.5. The molecule has 2 atom stereocenters. The maximum atomic E-state index is 12.4. The average molecular weight is 898 g/mol. The summed E-state index contributed by atoms with van der Waals surface area (Å²) in [5, 5.41) is 23.1. The van der Waals surface area contributed by atoms with Crippen molar-refractivity contribution >= 4 is 11.9 Å². The summed E-state index contributed by atoms with van der Waals surface area (Å²) < 4.78 is 5.44. The molecule has 0 fully saturated rings. The Kier molecular flexibility index (Phi) is 51.6. The van der Waals surface area contributed by atoms with Crippen molar-refractivity contribution < 1.29 is 24.5 Å². The summed E-state index contributed by atoms with van der Waals surface area (Å²) in [6.07, 6.45) is 67.1.